The Balaban J connectivity index is 1.57. The quantitative estimate of drug-likeness (QED) is 0.912. The first kappa shape index (κ1) is 13.4. The number of ether oxygens (including phenoxy) is 1. The van der Waals surface area contributed by atoms with Crippen LogP contribution in [0.3, 0.4) is 0 Å². The largest absolute Gasteiger partial charge is 0.375 e. The Bertz CT molecular complexity index is 508. The number of rotatable bonds is 3. The van der Waals surface area contributed by atoms with E-state index in [1.54, 1.807) is 18.2 Å². The van der Waals surface area contributed by atoms with E-state index < -0.39 is 0 Å². The number of hydrogen-bond acceptors (Lipinski definition) is 2. The maximum absolute atomic E-state index is 12.0. The zero-order valence-corrected chi connectivity index (χ0v) is 12.7. The number of benzene rings is 1. The predicted molar refractivity (Wildman–Crippen MR) is 77.5 cm³/mol. The number of carbonyl (C=O) groups excluding carboxylic acids is 1. The molecule has 3 rings (SSSR count). The standard InChI is InChI=1S/C14H15BrClNO2/c15-11-3-1-8(6-12(11)16)14(18)17-7-9-5-10-2-4-13(9)19-10/h1,3,6,9-10,13H,2,4-5,7H2,(H,17,18). The number of nitrogens with one attached hydrogen (secondary N) is 1. The summed E-state index contributed by atoms with van der Waals surface area (Å²) in [6, 6.07) is 5.23. The first-order valence-electron chi connectivity index (χ1n) is 6.52. The van der Waals surface area contributed by atoms with Crippen molar-refractivity contribution in [3.05, 3.63) is 33.3 Å². The topological polar surface area (TPSA) is 38.3 Å². The van der Waals surface area contributed by atoms with Crippen LogP contribution in [0.4, 0.5) is 0 Å². The lowest BCUT2D eigenvalue weighted by Gasteiger charge is -2.18. The van der Waals surface area contributed by atoms with E-state index in [-0.39, 0.29) is 5.91 Å². The van der Waals surface area contributed by atoms with Crippen molar-refractivity contribution in [1.29, 1.82) is 0 Å². The van der Waals surface area contributed by atoms with Crippen molar-refractivity contribution < 1.29 is 9.53 Å². The Morgan fingerprint density at radius 2 is 2.32 bits per heavy atom. The van der Waals surface area contributed by atoms with Crippen LogP contribution in [-0.2, 0) is 4.74 Å². The molecule has 2 aliphatic heterocycles. The Morgan fingerprint density at radius 3 is 2.95 bits per heavy atom. The van der Waals surface area contributed by atoms with Crippen LogP contribution in [0.1, 0.15) is 29.6 Å². The lowest BCUT2D eigenvalue weighted by atomic mass is 9.89. The van der Waals surface area contributed by atoms with E-state index in [1.165, 1.54) is 6.42 Å². The van der Waals surface area contributed by atoms with Crippen molar-refractivity contribution >= 4 is 33.4 Å². The summed E-state index contributed by atoms with van der Waals surface area (Å²) in [6.45, 7) is 0.688. The molecule has 0 aliphatic carbocycles. The van der Waals surface area contributed by atoms with E-state index >= 15 is 0 Å². The van der Waals surface area contributed by atoms with Crippen molar-refractivity contribution in [2.75, 3.05) is 6.54 Å². The molecule has 2 aliphatic rings. The molecule has 2 bridgehead atoms. The van der Waals surface area contributed by atoms with Crippen molar-refractivity contribution in [3.8, 4) is 0 Å². The molecule has 0 radical (unpaired) electrons. The normalized spacial score (nSPS) is 28.6. The van der Waals surface area contributed by atoms with Gasteiger partial charge in [-0.2, -0.15) is 0 Å². The highest BCUT2D eigenvalue weighted by Gasteiger charge is 2.40. The summed E-state index contributed by atoms with van der Waals surface area (Å²) < 4.78 is 6.58. The van der Waals surface area contributed by atoms with E-state index in [9.17, 15) is 4.79 Å². The fourth-order valence-corrected chi connectivity index (χ4v) is 3.35. The molecule has 3 atom stereocenters. The van der Waals surface area contributed by atoms with Gasteiger partial charge in [-0.15, -0.1) is 0 Å². The Labute approximate surface area is 125 Å². The predicted octanol–water partition coefficient (Wildman–Crippen LogP) is 3.40. The van der Waals surface area contributed by atoms with Crippen LogP contribution in [0.25, 0.3) is 0 Å². The number of fused-ring (bicyclic) bond motifs is 2. The molecule has 19 heavy (non-hydrogen) atoms. The van der Waals surface area contributed by atoms with Crippen LogP contribution in [0.15, 0.2) is 22.7 Å². The number of halogens is 2. The summed E-state index contributed by atoms with van der Waals surface area (Å²) >= 11 is 9.30. The summed E-state index contributed by atoms with van der Waals surface area (Å²) in [5, 5.41) is 3.53. The molecule has 5 heteroatoms. The van der Waals surface area contributed by atoms with E-state index in [0.717, 1.165) is 17.3 Å². The van der Waals surface area contributed by atoms with Gasteiger partial charge in [0, 0.05) is 22.5 Å². The summed E-state index contributed by atoms with van der Waals surface area (Å²) in [5.74, 6) is 0.394. The van der Waals surface area contributed by atoms with E-state index in [0.29, 0.717) is 35.3 Å². The van der Waals surface area contributed by atoms with E-state index in [2.05, 4.69) is 21.2 Å². The third kappa shape index (κ3) is 2.81. The van der Waals surface area contributed by atoms with Crippen LogP contribution >= 0.6 is 27.5 Å². The number of hydrogen-bond donors (Lipinski definition) is 1. The third-order valence-electron chi connectivity index (χ3n) is 3.94. The molecule has 0 aromatic heterocycles. The maximum atomic E-state index is 12.0. The minimum Gasteiger partial charge on any atom is -0.375 e. The Hall–Kier alpha value is -0.580. The average Bonchev–Trinajstić information content (AvgIpc) is 3.01. The van der Waals surface area contributed by atoms with Crippen molar-refractivity contribution in [1.82, 2.24) is 5.32 Å². The van der Waals surface area contributed by atoms with Gasteiger partial charge in [-0.3, -0.25) is 4.79 Å². The Kier molecular flexibility index (Phi) is 3.83. The summed E-state index contributed by atoms with van der Waals surface area (Å²) in [4.78, 5) is 12.0. The van der Waals surface area contributed by atoms with E-state index in [1.807, 2.05) is 0 Å². The summed E-state index contributed by atoms with van der Waals surface area (Å²) in [6.07, 6.45) is 4.16. The van der Waals surface area contributed by atoms with Crippen LogP contribution < -0.4 is 5.32 Å². The summed E-state index contributed by atoms with van der Waals surface area (Å²) in [7, 11) is 0. The molecule has 2 heterocycles. The second-order valence-corrected chi connectivity index (χ2v) is 6.47. The fourth-order valence-electron chi connectivity index (χ4n) is 2.92. The molecule has 3 nitrogen and oxygen atoms in total. The molecule has 1 amide bonds. The average molecular weight is 345 g/mol. The minimum absolute atomic E-state index is 0.0721. The highest BCUT2D eigenvalue weighted by Crippen LogP contribution is 2.38. The number of carbonyl (C=O) groups is 1. The van der Waals surface area contributed by atoms with Crippen LogP contribution in [0.5, 0.6) is 0 Å². The number of amides is 1. The molecule has 1 aromatic carbocycles. The van der Waals surface area contributed by atoms with Crippen molar-refractivity contribution in [3.63, 3.8) is 0 Å². The first-order valence-corrected chi connectivity index (χ1v) is 7.69. The molecule has 2 saturated heterocycles. The van der Waals surface area contributed by atoms with E-state index in [4.69, 9.17) is 16.3 Å². The second kappa shape index (κ2) is 5.43. The van der Waals surface area contributed by atoms with Gasteiger partial charge in [-0.05, 0) is 53.4 Å². The lowest BCUT2D eigenvalue weighted by molar-refractivity contribution is 0.0873. The molecule has 102 valence electrons. The molecule has 0 saturated carbocycles. The van der Waals surface area contributed by atoms with Gasteiger partial charge in [-0.1, -0.05) is 11.6 Å². The molecule has 1 aromatic rings. The molecule has 2 fully saturated rings. The van der Waals surface area contributed by atoms with Crippen molar-refractivity contribution in [2.24, 2.45) is 5.92 Å². The Morgan fingerprint density at radius 1 is 1.47 bits per heavy atom. The highest BCUT2D eigenvalue weighted by molar-refractivity contribution is 9.10. The fraction of sp³-hybridized carbons (Fsp3) is 0.500. The SMILES string of the molecule is O=C(NCC1CC2CCC1O2)c1ccc(Br)c(Cl)c1. The van der Waals surface area contributed by atoms with Crippen LogP contribution in [0.2, 0.25) is 5.02 Å². The van der Waals surface area contributed by atoms with Crippen molar-refractivity contribution in [2.45, 2.75) is 31.5 Å². The zero-order valence-electron chi connectivity index (χ0n) is 10.4. The zero-order chi connectivity index (χ0) is 13.4. The minimum atomic E-state index is -0.0721. The molecule has 1 N–H and O–H groups in total. The maximum Gasteiger partial charge on any atom is 0.251 e. The van der Waals surface area contributed by atoms with Crippen LogP contribution in [0, 0.1) is 5.92 Å². The van der Waals surface area contributed by atoms with Gasteiger partial charge in [0.15, 0.2) is 0 Å². The van der Waals surface area contributed by atoms with Gasteiger partial charge in [-0.25, -0.2) is 0 Å². The molecular weight excluding hydrogens is 330 g/mol. The monoisotopic (exact) mass is 343 g/mol. The van der Waals surface area contributed by atoms with Gasteiger partial charge in [0.2, 0.25) is 0 Å². The third-order valence-corrected chi connectivity index (χ3v) is 5.17. The van der Waals surface area contributed by atoms with Gasteiger partial charge in [0.1, 0.15) is 0 Å². The summed E-state index contributed by atoms with van der Waals surface area (Å²) in [5.41, 5.74) is 0.595. The molecule has 3 unspecified atom stereocenters. The van der Waals surface area contributed by atoms with Gasteiger partial charge >= 0.3 is 0 Å². The van der Waals surface area contributed by atoms with Crippen LogP contribution in [-0.4, -0.2) is 24.7 Å². The van der Waals surface area contributed by atoms with Gasteiger partial charge in [0.05, 0.1) is 17.2 Å². The second-order valence-electron chi connectivity index (χ2n) is 5.21. The molecular formula is C14H15BrClNO2. The lowest BCUT2D eigenvalue weighted by Crippen LogP contribution is -2.33. The highest BCUT2D eigenvalue weighted by atomic mass is 79.9. The van der Waals surface area contributed by atoms with Gasteiger partial charge in [0.25, 0.3) is 5.91 Å². The first-order chi connectivity index (χ1) is 9.13. The molecule has 0 spiro atoms. The smallest absolute Gasteiger partial charge is 0.251 e. The van der Waals surface area contributed by atoms with Gasteiger partial charge < -0.3 is 10.1 Å².